The van der Waals surface area contributed by atoms with Crippen molar-refractivity contribution >= 4 is 11.9 Å². The molecule has 6 heteroatoms. The summed E-state index contributed by atoms with van der Waals surface area (Å²) in [6, 6.07) is 0. The molecule has 0 saturated carbocycles. The van der Waals surface area contributed by atoms with E-state index in [4.69, 9.17) is 14.6 Å². The summed E-state index contributed by atoms with van der Waals surface area (Å²) in [6.07, 6.45) is 1.19. The maximum absolute atomic E-state index is 11.6. The van der Waals surface area contributed by atoms with Crippen LogP contribution in [0, 0.1) is 0 Å². The first kappa shape index (κ1) is 13.9. The SMILES string of the molecule is CCOCCCC(=O)NC1(C(=O)O)CCOC1. The fraction of sp³-hybridized carbons (Fsp3) is 0.818. The number of nitrogens with one attached hydrogen (secondary N) is 1. The predicted octanol–water partition coefficient (Wildman–Crippen LogP) is 0.163. The molecule has 17 heavy (non-hydrogen) atoms. The van der Waals surface area contributed by atoms with Crippen LogP contribution in [0.15, 0.2) is 0 Å². The van der Waals surface area contributed by atoms with Gasteiger partial charge in [0.05, 0.1) is 6.61 Å². The van der Waals surface area contributed by atoms with Crippen LogP contribution >= 0.6 is 0 Å². The van der Waals surface area contributed by atoms with Crippen LogP contribution in [0.25, 0.3) is 0 Å². The van der Waals surface area contributed by atoms with E-state index >= 15 is 0 Å². The average Bonchev–Trinajstić information content (AvgIpc) is 2.74. The van der Waals surface area contributed by atoms with Crippen molar-refractivity contribution in [3.63, 3.8) is 0 Å². The third-order valence-corrected chi connectivity index (χ3v) is 2.71. The number of carbonyl (C=O) groups excluding carboxylic acids is 1. The Morgan fingerprint density at radius 1 is 1.53 bits per heavy atom. The van der Waals surface area contributed by atoms with E-state index in [0.29, 0.717) is 32.7 Å². The Bertz CT molecular complexity index is 273. The summed E-state index contributed by atoms with van der Waals surface area (Å²) in [7, 11) is 0. The standard InChI is InChI=1S/C11H19NO5/c1-2-16-6-3-4-9(13)12-11(10(14)15)5-7-17-8-11/h2-8H2,1H3,(H,12,13)(H,14,15). The van der Waals surface area contributed by atoms with Crippen LogP contribution in [-0.4, -0.2) is 48.9 Å². The Labute approximate surface area is 100 Å². The molecule has 1 unspecified atom stereocenters. The van der Waals surface area contributed by atoms with E-state index in [-0.39, 0.29) is 18.9 Å². The van der Waals surface area contributed by atoms with Gasteiger partial charge in [-0.15, -0.1) is 0 Å². The van der Waals surface area contributed by atoms with Gasteiger partial charge >= 0.3 is 5.97 Å². The topological polar surface area (TPSA) is 84.9 Å². The number of hydrogen-bond acceptors (Lipinski definition) is 4. The van der Waals surface area contributed by atoms with Crippen molar-refractivity contribution in [3.05, 3.63) is 0 Å². The highest BCUT2D eigenvalue weighted by molar-refractivity contribution is 5.87. The molecule has 0 aliphatic carbocycles. The molecule has 0 aromatic rings. The summed E-state index contributed by atoms with van der Waals surface area (Å²) in [4.78, 5) is 22.7. The van der Waals surface area contributed by atoms with Gasteiger partial charge < -0.3 is 19.9 Å². The van der Waals surface area contributed by atoms with Gasteiger partial charge in [-0.05, 0) is 13.3 Å². The van der Waals surface area contributed by atoms with Crippen molar-refractivity contribution < 1.29 is 24.2 Å². The van der Waals surface area contributed by atoms with Gasteiger partial charge in [-0.3, -0.25) is 4.79 Å². The molecule has 1 amide bonds. The number of ether oxygens (including phenoxy) is 2. The first-order chi connectivity index (χ1) is 8.10. The molecule has 0 aromatic carbocycles. The normalized spacial score (nSPS) is 23.6. The summed E-state index contributed by atoms with van der Waals surface area (Å²) in [6.45, 7) is 3.43. The highest BCUT2D eigenvalue weighted by Crippen LogP contribution is 2.19. The lowest BCUT2D eigenvalue weighted by Crippen LogP contribution is -2.55. The maximum atomic E-state index is 11.6. The minimum Gasteiger partial charge on any atom is -0.479 e. The maximum Gasteiger partial charge on any atom is 0.331 e. The molecule has 1 aliphatic rings. The van der Waals surface area contributed by atoms with Crippen molar-refractivity contribution in [3.8, 4) is 0 Å². The highest BCUT2D eigenvalue weighted by Gasteiger charge is 2.43. The van der Waals surface area contributed by atoms with Gasteiger partial charge in [-0.1, -0.05) is 0 Å². The van der Waals surface area contributed by atoms with Crippen LogP contribution in [0.2, 0.25) is 0 Å². The second-order valence-corrected chi connectivity index (χ2v) is 4.04. The molecular formula is C11H19NO5. The van der Waals surface area contributed by atoms with Gasteiger partial charge in [0.25, 0.3) is 0 Å². The zero-order valence-electron chi connectivity index (χ0n) is 10.0. The Hall–Kier alpha value is -1.14. The Morgan fingerprint density at radius 3 is 2.82 bits per heavy atom. The van der Waals surface area contributed by atoms with Crippen molar-refractivity contribution in [1.82, 2.24) is 5.32 Å². The number of carbonyl (C=O) groups is 2. The first-order valence-electron chi connectivity index (χ1n) is 5.80. The highest BCUT2D eigenvalue weighted by atomic mass is 16.5. The van der Waals surface area contributed by atoms with Crippen LogP contribution in [-0.2, 0) is 19.1 Å². The fourth-order valence-electron chi connectivity index (χ4n) is 1.69. The van der Waals surface area contributed by atoms with Gasteiger partial charge in [0, 0.05) is 32.7 Å². The monoisotopic (exact) mass is 245 g/mol. The Kier molecular flexibility index (Phi) is 5.37. The Balaban J connectivity index is 2.35. The number of rotatable bonds is 7. The lowest BCUT2D eigenvalue weighted by molar-refractivity contribution is -0.147. The molecular weight excluding hydrogens is 226 g/mol. The molecule has 1 fully saturated rings. The van der Waals surface area contributed by atoms with Crippen molar-refractivity contribution in [1.29, 1.82) is 0 Å². The molecule has 0 spiro atoms. The van der Waals surface area contributed by atoms with Crippen molar-refractivity contribution in [2.24, 2.45) is 0 Å². The first-order valence-corrected chi connectivity index (χ1v) is 5.80. The minimum absolute atomic E-state index is 0.0412. The van der Waals surface area contributed by atoms with Crippen LogP contribution in [0.1, 0.15) is 26.2 Å². The van der Waals surface area contributed by atoms with E-state index in [2.05, 4.69) is 5.32 Å². The zero-order chi connectivity index (χ0) is 12.7. The van der Waals surface area contributed by atoms with Gasteiger partial charge in [-0.25, -0.2) is 4.79 Å². The van der Waals surface area contributed by atoms with Crippen molar-refractivity contribution in [2.75, 3.05) is 26.4 Å². The van der Waals surface area contributed by atoms with Gasteiger partial charge in [-0.2, -0.15) is 0 Å². The molecule has 1 rings (SSSR count). The molecule has 0 radical (unpaired) electrons. The molecule has 6 nitrogen and oxygen atoms in total. The average molecular weight is 245 g/mol. The lowest BCUT2D eigenvalue weighted by Gasteiger charge is -2.23. The van der Waals surface area contributed by atoms with E-state index in [1.807, 2.05) is 6.92 Å². The van der Waals surface area contributed by atoms with E-state index in [0.717, 1.165) is 0 Å². The van der Waals surface area contributed by atoms with Crippen LogP contribution in [0.5, 0.6) is 0 Å². The minimum atomic E-state index is -1.23. The molecule has 2 N–H and O–H groups in total. The summed E-state index contributed by atoms with van der Waals surface area (Å²) >= 11 is 0. The second kappa shape index (κ2) is 6.56. The summed E-state index contributed by atoms with van der Waals surface area (Å²) in [5, 5.41) is 11.7. The summed E-state index contributed by atoms with van der Waals surface area (Å²) in [5.41, 5.74) is -1.23. The fourth-order valence-corrected chi connectivity index (χ4v) is 1.69. The van der Waals surface area contributed by atoms with Crippen LogP contribution in [0.4, 0.5) is 0 Å². The number of carboxylic acid groups (broad SMARTS) is 1. The molecule has 98 valence electrons. The molecule has 0 aromatic heterocycles. The number of carboxylic acids is 1. The van der Waals surface area contributed by atoms with Gasteiger partial charge in [0.2, 0.25) is 5.91 Å². The largest absolute Gasteiger partial charge is 0.479 e. The van der Waals surface area contributed by atoms with Gasteiger partial charge in [0.1, 0.15) is 0 Å². The molecule has 1 aliphatic heterocycles. The smallest absolute Gasteiger partial charge is 0.331 e. The third-order valence-electron chi connectivity index (χ3n) is 2.71. The zero-order valence-corrected chi connectivity index (χ0v) is 10.0. The number of aliphatic carboxylic acids is 1. The van der Waals surface area contributed by atoms with Crippen LogP contribution in [0.3, 0.4) is 0 Å². The van der Waals surface area contributed by atoms with Crippen molar-refractivity contribution in [2.45, 2.75) is 31.7 Å². The van der Waals surface area contributed by atoms with E-state index < -0.39 is 11.5 Å². The summed E-state index contributed by atoms with van der Waals surface area (Å²) in [5.74, 6) is -1.30. The number of hydrogen-bond donors (Lipinski definition) is 2. The number of amides is 1. The van der Waals surface area contributed by atoms with Crippen LogP contribution < -0.4 is 5.32 Å². The van der Waals surface area contributed by atoms with E-state index in [1.54, 1.807) is 0 Å². The Morgan fingerprint density at radius 2 is 2.29 bits per heavy atom. The third kappa shape index (κ3) is 3.98. The van der Waals surface area contributed by atoms with E-state index in [1.165, 1.54) is 0 Å². The molecule has 0 bridgehead atoms. The predicted molar refractivity (Wildman–Crippen MR) is 59.7 cm³/mol. The lowest BCUT2D eigenvalue weighted by atomic mass is 9.99. The second-order valence-electron chi connectivity index (χ2n) is 4.04. The van der Waals surface area contributed by atoms with E-state index in [9.17, 15) is 9.59 Å². The van der Waals surface area contributed by atoms with Gasteiger partial charge in [0.15, 0.2) is 5.54 Å². The summed E-state index contributed by atoms with van der Waals surface area (Å²) < 4.78 is 10.2. The molecule has 1 saturated heterocycles. The molecule has 1 heterocycles. The molecule has 1 atom stereocenters. The quantitative estimate of drug-likeness (QED) is 0.624.